The number of hydrogen-bond acceptors (Lipinski definition) is 3. The van der Waals surface area contributed by atoms with Crippen LogP contribution in [-0.2, 0) is 4.79 Å². The first kappa shape index (κ1) is 13.9. The molecule has 1 fully saturated rings. The van der Waals surface area contributed by atoms with E-state index in [0.29, 0.717) is 5.92 Å². The number of ether oxygens (including phenoxy) is 1. The summed E-state index contributed by atoms with van der Waals surface area (Å²) in [6, 6.07) is 7.68. The minimum absolute atomic E-state index is 0.0287. The number of likely N-dealkylation sites (tertiary alicyclic amines) is 1. The second-order valence-corrected chi connectivity index (χ2v) is 5.11. The number of aliphatic hydroxyl groups excluding tert-OH is 1. The maximum Gasteiger partial charge on any atom is 0.260 e. The molecule has 1 aliphatic heterocycles. The molecule has 1 N–H and O–H groups in total. The molecule has 1 amide bonds. The van der Waals surface area contributed by atoms with Gasteiger partial charge in [0.25, 0.3) is 5.91 Å². The van der Waals surface area contributed by atoms with Gasteiger partial charge < -0.3 is 14.7 Å². The van der Waals surface area contributed by atoms with E-state index in [2.05, 4.69) is 0 Å². The van der Waals surface area contributed by atoms with Gasteiger partial charge in [0, 0.05) is 19.7 Å². The summed E-state index contributed by atoms with van der Waals surface area (Å²) in [6.45, 7) is 3.83. The Hall–Kier alpha value is -1.55. The van der Waals surface area contributed by atoms with Crippen LogP contribution in [0.1, 0.15) is 18.4 Å². The molecule has 0 aromatic heterocycles. The molecule has 1 saturated heterocycles. The van der Waals surface area contributed by atoms with Gasteiger partial charge in [0.15, 0.2) is 6.61 Å². The van der Waals surface area contributed by atoms with Gasteiger partial charge in [-0.2, -0.15) is 0 Å². The van der Waals surface area contributed by atoms with Crippen LogP contribution in [0.3, 0.4) is 0 Å². The van der Waals surface area contributed by atoms with Gasteiger partial charge in [0.1, 0.15) is 5.75 Å². The highest BCUT2D eigenvalue weighted by Crippen LogP contribution is 2.19. The zero-order chi connectivity index (χ0) is 13.7. The largest absolute Gasteiger partial charge is 0.484 e. The summed E-state index contributed by atoms with van der Waals surface area (Å²) in [5.41, 5.74) is 1.17. The molecule has 0 spiro atoms. The number of hydrogen-bond donors (Lipinski definition) is 1. The number of nitrogens with zero attached hydrogens (tertiary/aromatic N) is 1. The Balaban J connectivity index is 1.77. The van der Waals surface area contributed by atoms with Crippen LogP contribution >= 0.6 is 0 Å². The topological polar surface area (TPSA) is 49.8 Å². The molecule has 1 unspecified atom stereocenters. The number of carbonyl (C=O) groups excluding carboxylic acids is 1. The molecule has 0 radical (unpaired) electrons. The fraction of sp³-hybridized carbons (Fsp3) is 0.533. The van der Waals surface area contributed by atoms with Crippen molar-refractivity contribution in [3.05, 3.63) is 29.8 Å². The van der Waals surface area contributed by atoms with E-state index in [4.69, 9.17) is 9.84 Å². The highest BCUT2D eigenvalue weighted by molar-refractivity contribution is 5.78. The van der Waals surface area contributed by atoms with Crippen LogP contribution in [-0.4, -0.2) is 42.2 Å². The molecular formula is C15H21NO3. The lowest BCUT2D eigenvalue weighted by molar-refractivity contribution is -0.132. The number of aliphatic hydroxyl groups is 1. The maximum atomic E-state index is 12.0. The molecule has 0 saturated carbocycles. The summed E-state index contributed by atoms with van der Waals surface area (Å²) in [7, 11) is 0. The maximum absolute atomic E-state index is 12.0. The van der Waals surface area contributed by atoms with Gasteiger partial charge in [0.2, 0.25) is 0 Å². The van der Waals surface area contributed by atoms with E-state index in [1.54, 1.807) is 0 Å². The van der Waals surface area contributed by atoms with Crippen molar-refractivity contribution < 1.29 is 14.6 Å². The third-order valence-corrected chi connectivity index (χ3v) is 3.56. The van der Waals surface area contributed by atoms with E-state index < -0.39 is 0 Å². The summed E-state index contributed by atoms with van der Waals surface area (Å²) in [6.07, 6.45) is 1.76. The lowest BCUT2D eigenvalue weighted by Crippen LogP contribution is -2.33. The number of benzene rings is 1. The van der Waals surface area contributed by atoms with Crippen molar-refractivity contribution >= 4 is 5.91 Å². The first-order valence-electron chi connectivity index (χ1n) is 6.77. The molecule has 0 aliphatic carbocycles. The molecule has 1 aromatic rings. The van der Waals surface area contributed by atoms with Gasteiger partial charge in [-0.3, -0.25) is 4.79 Å². The van der Waals surface area contributed by atoms with Crippen molar-refractivity contribution in [1.29, 1.82) is 0 Å². The van der Waals surface area contributed by atoms with Crippen LogP contribution in [0, 0.1) is 12.8 Å². The van der Waals surface area contributed by atoms with Crippen molar-refractivity contribution in [3.63, 3.8) is 0 Å². The third-order valence-electron chi connectivity index (χ3n) is 3.56. The highest BCUT2D eigenvalue weighted by Gasteiger charge is 2.25. The minimum Gasteiger partial charge on any atom is -0.484 e. The van der Waals surface area contributed by atoms with Gasteiger partial charge in [0.05, 0.1) is 0 Å². The van der Waals surface area contributed by atoms with Gasteiger partial charge >= 0.3 is 0 Å². The Kier molecular flexibility index (Phi) is 4.80. The standard InChI is InChI=1S/C15H21NO3/c1-12-2-4-14(5-3-12)19-11-15(18)16-8-6-13(10-16)7-9-17/h2-5,13,17H,6-11H2,1H3. The number of rotatable bonds is 5. The van der Waals surface area contributed by atoms with Crippen molar-refractivity contribution in [2.24, 2.45) is 5.92 Å². The molecule has 1 aliphatic rings. The van der Waals surface area contributed by atoms with Crippen molar-refractivity contribution in [1.82, 2.24) is 4.90 Å². The first-order valence-corrected chi connectivity index (χ1v) is 6.77. The molecule has 0 bridgehead atoms. The fourth-order valence-corrected chi connectivity index (χ4v) is 2.35. The van der Waals surface area contributed by atoms with Crippen LogP contribution in [0.4, 0.5) is 0 Å². The zero-order valence-electron chi connectivity index (χ0n) is 11.3. The normalized spacial score (nSPS) is 18.6. The SMILES string of the molecule is Cc1ccc(OCC(=O)N2CCC(CCO)C2)cc1. The number of aryl methyl sites for hydroxylation is 1. The average Bonchev–Trinajstić information content (AvgIpc) is 2.87. The molecule has 1 heterocycles. The van der Waals surface area contributed by atoms with Gasteiger partial charge in [-0.1, -0.05) is 17.7 Å². The van der Waals surface area contributed by atoms with Gasteiger partial charge in [-0.15, -0.1) is 0 Å². The molecule has 4 nitrogen and oxygen atoms in total. The summed E-state index contributed by atoms with van der Waals surface area (Å²) in [5.74, 6) is 1.19. The monoisotopic (exact) mass is 263 g/mol. The average molecular weight is 263 g/mol. The van der Waals surface area contributed by atoms with E-state index >= 15 is 0 Å². The summed E-state index contributed by atoms with van der Waals surface area (Å²) < 4.78 is 5.49. The molecule has 19 heavy (non-hydrogen) atoms. The van der Waals surface area contributed by atoms with Crippen LogP contribution in [0.25, 0.3) is 0 Å². The second kappa shape index (κ2) is 6.57. The number of carbonyl (C=O) groups is 1. The zero-order valence-corrected chi connectivity index (χ0v) is 11.3. The van der Waals surface area contributed by atoms with Crippen molar-refractivity contribution in [2.75, 3.05) is 26.3 Å². The lowest BCUT2D eigenvalue weighted by atomic mass is 10.1. The quantitative estimate of drug-likeness (QED) is 0.878. The molecule has 4 heteroatoms. The smallest absolute Gasteiger partial charge is 0.260 e. The molecule has 1 atom stereocenters. The first-order chi connectivity index (χ1) is 9.19. The fourth-order valence-electron chi connectivity index (χ4n) is 2.35. The Morgan fingerprint density at radius 3 is 2.84 bits per heavy atom. The number of amides is 1. The predicted octanol–water partition coefficient (Wildman–Crippen LogP) is 1.60. The Morgan fingerprint density at radius 2 is 2.16 bits per heavy atom. The molecular weight excluding hydrogens is 242 g/mol. The summed E-state index contributed by atoms with van der Waals surface area (Å²) in [4.78, 5) is 13.8. The summed E-state index contributed by atoms with van der Waals surface area (Å²) >= 11 is 0. The van der Waals surface area contributed by atoms with Crippen molar-refractivity contribution in [3.8, 4) is 5.75 Å². The van der Waals surface area contributed by atoms with Gasteiger partial charge in [-0.05, 0) is 37.8 Å². The van der Waals surface area contributed by atoms with E-state index in [0.717, 1.165) is 31.7 Å². The predicted molar refractivity (Wildman–Crippen MR) is 73.1 cm³/mol. The van der Waals surface area contributed by atoms with E-state index in [-0.39, 0.29) is 19.1 Å². The van der Waals surface area contributed by atoms with Crippen LogP contribution in [0.15, 0.2) is 24.3 Å². The summed E-state index contributed by atoms with van der Waals surface area (Å²) in [5, 5.41) is 8.90. The third kappa shape index (κ3) is 3.96. The van der Waals surface area contributed by atoms with Gasteiger partial charge in [-0.25, -0.2) is 0 Å². The lowest BCUT2D eigenvalue weighted by Gasteiger charge is -2.16. The van der Waals surface area contributed by atoms with Crippen LogP contribution in [0.5, 0.6) is 5.75 Å². The van der Waals surface area contributed by atoms with Crippen molar-refractivity contribution in [2.45, 2.75) is 19.8 Å². The Labute approximate surface area is 114 Å². The second-order valence-electron chi connectivity index (χ2n) is 5.11. The van der Waals surface area contributed by atoms with Crippen LogP contribution in [0.2, 0.25) is 0 Å². The van der Waals surface area contributed by atoms with E-state index in [1.165, 1.54) is 5.56 Å². The molecule has 104 valence electrons. The highest BCUT2D eigenvalue weighted by atomic mass is 16.5. The minimum atomic E-state index is 0.0287. The Morgan fingerprint density at radius 1 is 1.42 bits per heavy atom. The van der Waals surface area contributed by atoms with E-state index in [1.807, 2.05) is 36.1 Å². The molecule has 2 rings (SSSR count). The van der Waals surface area contributed by atoms with Crippen LogP contribution < -0.4 is 4.74 Å². The van der Waals surface area contributed by atoms with E-state index in [9.17, 15) is 4.79 Å². The molecule has 1 aromatic carbocycles. The Bertz CT molecular complexity index is 416.